The molecule has 1 amide bonds. The fourth-order valence-electron chi connectivity index (χ4n) is 2.45. The van der Waals surface area contributed by atoms with Gasteiger partial charge in [0, 0.05) is 30.3 Å². The Bertz CT molecular complexity index is 966. The van der Waals surface area contributed by atoms with Crippen molar-refractivity contribution in [1.82, 2.24) is 4.31 Å². The minimum atomic E-state index is -3.53. The number of nitrogens with one attached hydrogen (secondary N) is 1. The Labute approximate surface area is 145 Å². The van der Waals surface area contributed by atoms with E-state index >= 15 is 0 Å². The van der Waals surface area contributed by atoms with Crippen molar-refractivity contribution in [3.63, 3.8) is 0 Å². The zero-order chi connectivity index (χ0) is 17.5. The van der Waals surface area contributed by atoms with Crippen LogP contribution in [0.4, 0.5) is 5.69 Å². The van der Waals surface area contributed by atoms with Crippen molar-refractivity contribution in [2.45, 2.75) is 4.90 Å². The molecule has 2 aromatic rings. The van der Waals surface area contributed by atoms with E-state index in [1.807, 2.05) is 0 Å². The maximum atomic E-state index is 12.2. The van der Waals surface area contributed by atoms with Gasteiger partial charge in [0.2, 0.25) is 10.0 Å². The Morgan fingerprint density at radius 2 is 1.88 bits per heavy atom. The highest BCUT2D eigenvalue weighted by molar-refractivity contribution is 7.89. The molecule has 24 heavy (non-hydrogen) atoms. The summed E-state index contributed by atoms with van der Waals surface area (Å²) < 4.78 is 25.6. The Kier molecular flexibility index (Phi) is 4.21. The first-order valence-electron chi connectivity index (χ1n) is 7.14. The smallest absolute Gasteiger partial charge is 0.256 e. The Hall–Kier alpha value is -2.15. The van der Waals surface area contributed by atoms with E-state index in [2.05, 4.69) is 5.32 Å². The zero-order valence-corrected chi connectivity index (χ0v) is 14.6. The molecule has 0 aliphatic carbocycles. The van der Waals surface area contributed by atoms with Crippen LogP contribution < -0.4 is 5.32 Å². The molecule has 0 radical (unpaired) electrons. The summed E-state index contributed by atoms with van der Waals surface area (Å²) in [6.45, 7) is 0. The molecule has 2 aromatic carbocycles. The monoisotopic (exact) mass is 362 g/mol. The van der Waals surface area contributed by atoms with Crippen LogP contribution in [0.25, 0.3) is 11.6 Å². The largest absolute Gasteiger partial charge is 0.321 e. The molecule has 0 spiro atoms. The van der Waals surface area contributed by atoms with E-state index in [0.717, 1.165) is 9.87 Å². The van der Waals surface area contributed by atoms with E-state index in [-0.39, 0.29) is 10.8 Å². The van der Waals surface area contributed by atoms with Gasteiger partial charge in [-0.15, -0.1) is 0 Å². The van der Waals surface area contributed by atoms with Gasteiger partial charge in [0.1, 0.15) is 0 Å². The van der Waals surface area contributed by atoms with E-state index in [4.69, 9.17) is 11.6 Å². The molecule has 0 bridgehead atoms. The van der Waals surface area contributed by atoms with Gasteiger partial charge in [-0.2, -0.15) is 0 Å². The fourth-order valence-corrected chi connectivity index (χ4v) is 3.58. The summed E-state index contributed by atoms with van der Waals surface area (Å²) >= 11 is 5.94. The van der Waals surface area contributed by atoms with Gasteiger partial charge in [0.15, 0.2) is 0 Å². The van der Waals surface area contributed by atoms with Gasteiger partial charge < -0.3 is 5.32 Å². The lowest BCUT2D eigenvalue weighted by Crippen LogP contribution is -2.22. The van der Waals surface area contributed by atoms with Crippen molar-refractivity contribution in [3.05, 3.63) is 58.6 Å². The number of halogens is 1. The van der Waals surface area contributed by atoms with Crippen LogP contribution >= 0.6 is 11.6 Å². The molecule has 0 fully saturated rings. The Balaban J connectivity index is 2.06. The third-order valence-corrected chi connectivity index (χ3v) is 5.76. The van der Waals surface area contributed by atoms with Gasteiger partial charge in [-0.1, -0.05) is 29.8 Å². The lowest BCUT2D eigenvalue weighted by atomic mass is 10.0. The molecule has 0 atom stereocenters. The van der Waals surface area contributed by atoms with Crippen molar-refractivity contribution in [2.75, 3.05) is 19.4 Å². The zero-order valence-electron chi connectivity index (χ0n) is 13.1. The molecule has 3 rings (SSSR count). The second-order valence-corrected chi connectivity index (χ2v) is 8.15. The highest BCUT2D eigenvalue weighted by Crippen LogP contribution is 2.35. The summed E-state index contributed by atoms with van der Waals surface area (Å²) in [5.74, 6) is -0.242. The molecule has 124 valence electrons. The van der Waals surface area contributed by atoms with Gasteiger partial charge in [-0.25, -0.2) is 12.7 Å². The molecular formula is C17H15ClN2O3S. The summed E-state index contributed by atoms with van der Waals surface area (Å²) in [5.41, 5.74) is 2.49. The average molecular weight is 363 g/mol. The number of rotatable bonds is 3. The number of nitrogens with zero attached hydrogens (tertiary/aromatic N) is 1. The molecule has 0 unspecified atom stereocenters. The third-order valence-electron chi connectivity index (χ3n) is 3.71. The van der Waals surface area contributed by atoms with Crippen molar-refractivity contribution in [3.8, 4) is 0 Å². The SMILES string of the molecule is CN(C)S(=O)(=O)c1cccc(/C=C2/C(=O)Nc3cc(Cl)ccc32)c1. The van der Waals surface area contributed by atoms with E-state index in [1.54, 1.807) is 42.5 Å². The first-order valence-corrected chi connectivity index (χ1v) is 8.96. The van der Waals surface area contributed by atoms with Crippen molar-refractivity contribution in [2.24, 2.45) is 0 Å². The summed E-state index contributed by atoms with van der Waals surface area (Å²) in [6.07, 6.45) is 1.67. The van der Waals surface area contributed by atoms with Crippen LogP contribution in [-0.4, -0.2) is 32.7 Å². The number of benzene rings is 2. The molecule has 1 N–H and O–H groups in total. The van der Waals surface area contributed by atoms with Crippen LogP contribution in [0, 0.1) is 0 Å². The predicted molar refractivity (Wildman–Crippen MR) is 95.3 cm³/mol. The summed E-state index contributed by atoms with van der Waals surface area (Å²) in [6, 6.07) is 11.6. The maximum absolute atomic E-state index is 12.2. The number of carbonyl (C=O) groups excluding carboxylic acids is 1. The van der Waals surface area contributed by atoms with Gasteiger partial charge in [0.05, 0.1) is 10.6 Å². The molecule has 5 nitrogen and oxygen atoms in total. The second-order valence-electron chi connectivity index (χ2n) is 5.56. The molecule has 0 aromatic heterocycles. The molecule has 7 heteroatoms. The first-order chi connectivity index (χ1) is 11.3. The minimum Gasteiger partial charge on any atom is -0.321 e. The van der Waals surface area contributed by atoms with Gasteiger partial charge in [-0.3, -0.25) is 4.79 Å². The van der Waals surface area contributed by atoms with Gasteiger partial charge >= 0.3 is 0 Å². The number of carbonyl (C=O) groups is 1. The van der Waals surface area contributed by atoms with Crippen molar-refractivity contribution < 1.29 is 13.2 Å². The highest BCUT2D eigenvalue weighted by atomic mass is 35.5. The van der Waals surface area contributed by atoms with Crippen LogP contribution in [0.5, 0.6) is 0 Å². The summed E-state index contributed by atoms with van der Waals surface area (Å²) in [7, 11) is -0.572. The number of fused-ring (bicyclic) bond motifs is 1. The van der Waals surface area contributed by atoms with Crippen LogP contribution in [0.3, 0.4) is 0 Å². The van der Waals surface area contributed by atoms with Crippen LogP contribution in [0.2, 0.25) is 5.02 Å². The lowest BCUT2D eigenvalue weighted by Gasteiger charge is -2.11. The molecular weight excluding hydrogens is 348 g/mol. The number of hydrogen-bond donors (Lipinski definition) is 1. The lowest BCUT2D eigenvalue weighted by molar-refractivity contribution is -0.110. The quantitative estimate of drug-likeness (QED) is 0.853. The van der Waals surface area contributed by atoms with Crippen LogP contribution in [0.15, 0.2) is 47.4 Å². The number of sulfonamides is 1. The van der Waals surface area contributed by atoms with E-state index in [9.17, 15) is 13.2 Å². The fraction of sp³-hybridized carbons (Fsp3) is 0.118. The normalized spacial score (nSPS) is 15.7. The van der Waals surface area contributed by atoms with Crippen LogP contribution in [-0.2, 0) is 14.8 Å². The Morgan fingerprint density at radius 3 is 2.58 bits per heavy atom. The van der Waals surface area contributed by atoms with E-state index < -0.39 is 10.0 Å². The standard InChI is InChI=1S/C17H15ClN2O3S/c1-20(2)24(22,23)13-5-3-4-11(8-13)9-15-14-7-6-12(18)10-16(14)19-17(15)21/h3-10H,1-2H3,(H,19,21)/b15-9+. The molecule has 1 heterocycles. The second kappa shape index (κ2) is 6.05. The number of hydrogen-bond acceptors (Lipinski definition) is 3. The van der Waals surface area contributed by atoms with Crippen molar-refractivity contribution >= 4 is 44.9 Å². The summed E-state index contributed by atoms with van der Waals surface area (Å²) in [5, 5.41) is 3.29. The third kappa shape index (κ3) is 2.96. The molecule has 0 saturated heterocycles. The highest BCUT2D eigenvalue weighted by Gasteiger charge is 2.24. The van der Waals surface area contributed by atoms with Gasteiger partial charge in [-0.05, 0) is 35.9 Å². The minimum absolute atomic E-state index is 0.177. The molecule has 0 saturated carbocycles. The topological polar surface area (TPSA) is 66.5 Å². The number of amides is 1. The first kappa shape index (κ1) is 16.7. The molecule has 1 aliphatic rings. The maximum Gasteiger partial charge on any atom is 0.256 e. The van der Waals surface area contributed by atoms with Gasteiger partial charge in [0.25, 0.3) is 5.91 Å². The molecule has 1 aliphatic heterocycles. The van der Waals surface area contributed by atoms with E-state index in [0.29, 0.717) is 21.8 Å². The summed E-state index contributed by atoms with van der Waals surface area (Å²) in [4.78, 5) is 12.4. The Morgan fingerprint density at radius 1 is 1.12 bits per heavy atom. The van der Waals surface area contributed by atoms with Crippen LogP contribution in [0.1, 0.15) is 11.1 Å². The average Bonchev–Trinajstić information content (AvgIpc) is 2.82. The number of anilines is 1. The van der Waals surface area contributed by atoms with Crippen molar-refractivity contribution in [1.29, 1.82) is 0 Å². The van der Waals surface area contributed by atoms with E-state index in [1.165, 1.54) is 20.2 Å². The predicted octanol–water partition coefficient (Wildman–Crippen LogP) is 3.08.